The lowest BCUT2D eigenvalue weighted by molar-refractivity contribution is -0.167. The van der Waals surface area contributed by atoms with Crippen molar-refractivity contribution < 1.29 is 28.6 Å². The highest BCUT2D eigenvalue weighted by atomic mass is 16.6. The average molecular weight is 917 g/mol. The van der Waals surface area contributed by atoms with Crippen molar-refractivity contribution in [2.75, 3.05) is 13.2 Å². The van der Waals surface area contributed by atoms with E-state index in [1.807, 2.05) is 48.6 Å². The van der Waals surface area contributed by atoms with Crippen molar-refractivity contribution in [2.45, 2.75) is 252 Å². The first-order valence-electron chi connectivity index (χ1n) is 27.3. The van der Waals surface area contributed by atoms with Crippen LogP contribution in [0, 0.1) is 0 Å². The third-order valence-corrected chi connectivity index (χ3v) is 11.5. The van der Waals surface area contributed by atoms with E-state index >= 15 is 0 Å². The summed E-state index contributed by atoms with van der Waals surface area (Å²) in [7, 11) is 0. The number of hydrogen-bond donors (Lipinski definition) is 0. The van der Waals surface area contributed by atoms with Crippen molar-refractivity contribution in [1.82, 2.24) is 0 Å². The van der Waals surface area contributed by atoms with E-state index in [1.165, 1.54) is 116 Å². The van der Waals surface area contributed by atoms with E-state index in [1.54, 1.807) is 0 Å². The molecule has 6 heteroatoms. The van der Waals surface area contributed by atoms with Gasteiger partial charge in [0, 0.05) is 19.3 Å². The highest BCUT2D eigenvalue weighted by molar-refractivity contribution is 5.71. The zero-order valence-electron chi connectivity index (χ0n) is 42.9. The van der Waals surface area contributed by atoms with Crippen LogP contribution in [0.3, 0.4) is 0 Å². The smallest absolute Gasteiger partial charge is 0.306 e. The van der Waals surface area contributed by atoms with E-state index in [-0.39, 0.29) is 37.5 Å². The summed E-state index contributed by atoms with van der Waals surface area (Å²) in [6, 6.07) is 0. The van der Waals surface area contributed by atoms with Crippen LogP contribution in [-0.2, 0) is 28.6 Å². The van der Waals surface area contributed by atoms with E-state index in [0.29, 0.717) is 19.3 Å². The van der Waals surface area contributed by atoms with Gasteiger partial charge in [0.2, 0.25) is 0 Å². The highest BCUT2D eigenvalue weighted by Crippen LogP contribution is 2.15. The summed E-state index contributed by atoms with van der Waals surface area (Å²) < 4.78 is 16.8. The number of allylic oxidation sites excluding steroid dienone is 16. The molecule has 0 heterocycles. The number of carbonyl (C=O) groups excluding carboxylic acids is 3. The third-order valence-electron chi connectivity index (χ3n) is 11.5. The first kappa shape index (κ1) is 62.3. The molecule has 0 saturated carbocycles. The van der Waals surface area contributed by atoms with Gasteiger partial charge in [0.1, 0.15) is 13.2 Å². The molecule has 1 atom stereocenters. The van der Waals surface area contributed by atoms with Gasteiger partial charge in [-0.05, 0) is 70.6 Å². The maximum atomic E-state index is 12.8. The fourth-order valence-electron chi connectivity index (χ4n) is 7.42. The number of rotatable bonds is 48. The van der Waals surface area contributed by atoms with E-state index in [9.17, 15) is 14.4 Å². The number of ether oxygens (including phenoxy) is 3. The molecule has 0 N–H and O–H groups in total. The maximum absolute atomic E-state index is 12.8. The van der Waals surface area contributed by atoms with E-state index < -0.39 is 6.10 Å². The van der Waals surface area contributed by atoms with Crippen LogP contribution >= 0.6 is 0 Å². The normalized spacial score (nSPS) is 12.8. The molecule has 66 heavy (non-hydrogen) atoms. The summed E-state index contributed by atoms with van der Waals surface area (Å²) >= 11 is 0. The molecule has 0 aliphatic carbocycles. The van der Waals surface area contributed by atoms with E-state index in [4.69, 9.17) is 14.2 Å². The van der Waals surface area contributed by atoms with Gasteiger partial charge in [0.25, 0.3) is 0 Å². The lowest BCUT2D eigenvalue weighted by Gasteiger charge is -2.18. The molecule has 0 rings (SSSR count). The molecule has 6 nitrogen and oxygen atoms in total. The Balaban J connectivity index is 4.44. The van der Waals surface area contributed by atoms with Crippen molar-refractivity contribution >= 4 is 17.9 Å². The van der Waals surface area contributed by atoms with Gasteiger partial charge in [-0.15, -0.1) is 0 Å². The summed E-state index contributed by atoms with van der Waals surface area (Å²) in [4.78, 5) is 38.1. The molecule has 0 radical (unpaired) electrons. The maximum Gasteiger partial charge on any atom is 0.306 e. The van der Waals surface area contributed by atoms with Gasteiger partial charge in [0.05, 0.1) is 0 Å². The zero-order valence-corrected chi connectivity index (χ0v) is 42.9. The molecule has 0 aliphatic heterocycles. The topological polar surface area (TPSA) is 78.9 Å². The second kappa shape index (κ2) is 53.9. The van der Waals surface area contributed by atoms with Crippen LogP contribution in [-0.4, -0.2) is 37.2 Å². The highest BCUT2D eigenvalue weighted by Gasteiger charge is 2.19. The molecule has 0 bridgehead atoms. The van der Waals surface area contributed by atoms with Crippen molar-refractivity contribution in [3.63, 3.8) is 0 Å². The summed E-state index contributed by atoms with van der Waals surface area (Å²) in [5.41, 5.74) is 0. The van der Waals surface area contributed by atoms with Gasteiger partial charge >= 0.3 is 17.9 Å². The fourth-order valence-corrected chi connectivity index (χ4v) is 7.42. The molecule has 0 aliphatic rings. The molecule has 0 amide bonds. The predicted octanol–water partition coefficient (Wildman–Crippen LogP) is 18.1. The fraction of sp³-hybridized carbons (Fsp3) is 0.683. The van der Waals surface area contributed by atoms with Gasteiger partial charge in [-0.3, -0.25) is 14.4 Å². The summed E-state index contributed by atoms with van der Waals surface area (Å²) in [6.45, 7) is 6.35. The van der Waals surface area contributed by atoms with Crippen molar-refractivity contribution in [1.29, 1.82) is 0 Å². The standard InChI is InChI=1S/C60H100O6/c1-4-7-10-13-16-19-22-25-28-29-30-31-33-35-38-41-44-47-50-53-59(62)65-56-57(55-64-58(61)52-49-46-43-40-37-34-27-24-21-18-15-12-9-6-3)66-60(63)54-51-48-45-42-39-36-32-26-23-20-17-14-11-8-5-2/h7-8,10-11,14,16-17,19-20,23,25-26,28,32,36,39,57H,4-6,9,12-13,15,18,21-22,24,27,29-31,33-35,37-38,40-56H2,1-3H3/b10-7-,11-8-,17-14-,19-16-,23-20-,28-25-,32-26-,39-36-. The van der Waals surface area contributed by atoms with Gasteiger partial charge in [-0.1, -0.05) is 253 Å². The average Bonchev–Trinajstić information content (AvgIpc) is 3.31. The molecular weight excluding hydrogens is 817 g/mol. The second-order valence-electron chi connectivity index (χ2n) is 17.9. The quantitative estimate of drug-likeness (QED) is 0.0199. The van der Waals surface area contributed by atoms with Gasteiger partial charge in [-0.25, -0.2) is 0 Å². The summed E-state index contributed by atoms with van der Waals surface area (Å²) in [5.74, 6) is -0.941. The molecule has 0 aromatic rings. The van der Waals surface area contributed by atoms with Gasteiger partial charge in [0.15, 0.2) is 6.10 Å². The first-order chi connectivity index (χ1) is 32.5. The minimum atomic E-state index is -0.801. The molecule has 0 fully saturated rings. The van der Waals surface area contributed by atoms with Crippen LogP contribution in [0.5, 0.6) is 0 Å². The number of unbranched alkanes of at least 4 members (excludes halogenated alkanes) is 25. The Hall–Kier alpha value is -3.67. The van der Waals surface area contributed by atoms with Crippen molar-refractivity contribution in [2.24, 2.45) is 0 Å². The monoisotopic (exact) mass is 917 g/mol. The molecule has 0 aromatic carbocycles. The van der Waals surface area contributed by atoms with Crippen LogP contribution in [0.25, 0.3) is 0 Å². The minimum Gasteiger partial charge on any atom is -0.462 e. The minimum absolute atomic E-state index is 0.0954. The van der Waals surface area contributed by atoms with Crippen molar-refractivity contribution in [3.8, 4) is 0 Å². The Kier molecular flexibility index (Phi) is 50.9. The van der Waals surface area contributed by atoms with Crippen LogP contribution in [0.2, 0.25) is 0 Å². The first-order valence-corrected chi connectivity index (χ1v) is 27.3. The van der Waals surface area contributed by atoms with Crippen LogP contribution < -0.4 is 0 Å². The molecule has 376 valence electrons. The molecule has 0 saturated heterocycles. The van der Waals surface area contributed by atoms with Gasteiger partial charge < -0.3 is 14.2 Å². The van der Waals surface area contributed by atoms with Crippen LogP contribution in [0.4, 0.5) is 0 Å². The Labute approximate surface area is 407 Å². The molecule has 0 spiro atoms. The lowest BCUT2D eigenvalue weighted by Crippen LogP contribution is -2.30. The Morgan fingerprint density at radius 2 is 0.667 bits per heavy atom. The predicted molar refractivity (Wildman–Crippen MR) is 284 cm³/mol. The van der Waals surface area contributed by atoms with E-state index in [0.717, 1.165) is 83.5 Å². The SMILES string of the molecule is CC\C=C/C=C\C=C/C=C\C=C/CCCCCC(=O)OC(COC(=O)CCCCCCCCCCC/C=C\C/C=C\C/C=C\CC)COC(=O)CCCCCCCCCCCCCCCC. The molecule has 1 unspecified atom stereocenters. The van der Waals surface area contributed by atoms with Crippen LogP contribution in [0.15, 0.2) is 97.2 Å². The lowest BCUT2D eigenvalue weighted by atomic mass is 10.0. The number of carbonyl (C=O) groups is 3. The Morgan fingerprint density at radius 3 is 1.12 bits per heavy atom. The largest absolute Gasteiger partial charge is 0.462 e. The number of hydrogen-bond acceptors (Lipinski definition) is 6. The van der Waals surface area contributed by atoms with E-state index in [2.05, 4.69) is 69.4 Å². The molecule has 0 aromatic heterocycles. The Morgan fingerprint density at radius 1 is 0.333 bits per heavy atom. The number of esters is 3. The third kappa shape index (κ3) is 51.3. The summed E-state index contributed by atoms with van der Waals surface area (Å²) in [6.07, 6.45) is 71.0. The Bertz CT molecular complexity index is 1330. The second-order valence-corrected chi connectivity index (χ2v) is 17.9. The van der Waals surface area contributed by atoms with Gasteiger partial charge in [-0.2, -0.15) is 0 Å². The summed E-state index contributed by atoms with van der Waals surface area (Å²) in [5, 5.41) is 0. The zero-order chi connectivity index (χ0) is 47.9. The van der Waals surface area contributed by atoms with Crippen molar-refractivity contribution in [3.05, 3.63) is 97.2 Å². The molecular formula is C60H100O6. The van der Waals surface area contributed by atoms with Crippen LogP contribution in [0.1, 0.15) is 245 Å².